The first kappa shape index (κ1) is 23.1. The van der Waals surface area contributed by atoms with Crippen molar-refractivity contribution in [1.82, 2.24) is 15.0 Å². The summed E-state index contributed by atoms with van der Waals surface area (Å²) in [6, 6.07) is 8.87. The first-order valence-electron chi connectivity index (χ1n) is 10.7. The molecule has 0 aliphatic rings. The number of primary amides is 1. The summed E-state index contributed by atoms with van der Waals surface area (Å²) in [6.07, 6.45) is 3.31. The second-order valence-electron chi connectivity index (χ2n) is 7.93. The van der Waals surface area contributed by atoms with Gasteiger partial charge in [0.25, 0.3) is 11.8 Å². The van der Waals surface area contributed by atoms with Crippen LogP contribution in [0, 0.1) is 5.92 Å². The number of fused-ring (bicyclic) bond motifs is 1. The van der Waals surface area contributed by atoms with Crippen molar-refractivity contribution in [3.05, 3.63) is 59.4 Å². The SMILES string of the molecule is CCN(C(=O)C(C)C)c1ccc2c(C(N)=O)c(NC(=O)c3csc(-c4ccncc4)n3)[nH]c2c1. The van der Waals surface area contributed by atoms with Crippen molar-refractivity contribution < 1.29 is 14.4 Å². The third kappa shape index (κ3) is 4.40. The number of anilines is 2. The largest absolute Gasteiger partial charge is 0.365 e. The summed E-state index contributed by atoms with van der Waals surface area (Å²) >= 11 is 1.33. The van der Waals surface area contributed by atoms with Crippen LogP contribution < -0.4 is 16.0 Å². The number of hydrogen-bond acceptors (Lipinski definition) is 6. The van der Waals surface area contributed by atoms with Gasteiger partial charge >= 0.3 is 0 Å². The Labute approximate surface area is 200 Å². The molecule has 0 unspecified atom stereocenters. The number of nitrogens with one attached hydrogen (secondary N) is 2. The first-order chi connectivity index (χ1) is 16.3. The Hall–Kier alpha value is -4.05. The fourth-order valence-electron chi connectivity index (χ4n) is 3.66. The third-order valence-corrected chi connectivity index (χ3v) is 6.21. The number of nitrogens with zero attached hydrogens (tertiary/aromatic N) is 3. The quantitative estimate of drug-likeness (QED) is 0.370. The van der Waals surface area contributed by atoms with E-state index in [1.165, 1.54) is 11.3 Å². The predicted octanol–water partition coefficient (Wildman–Crippen LogP) is 4.05. The van der Waals surface area contributed by atoms with Gasteiger partial charge in [-0.05, 0) is 37.3 Å². The molecule has 0 atom stereocenters. The Kier molecular flexibility index (Phi) is 6.42. The van der Waals surface area contributed by atoms with Crippen molar-refractivity contribution in [2.24, 2.45) is 11.7 Å². The van der Waals surface area contributed by atoms with E-state index < -0.39 is 11.8 Å². The lowest BCUT2D eigenvalue weighted by molar-refractivity contribution is -0.121. The molecule has 0 aliphatic carbocycles. The van der Waals surface area contributed by atoms with Gasteiger partial charge in [-0.2, -0.15) is 0 Å². The molecular weight excluding hydrogens is 452 g/mol. The molecule has 0 bridgehead atoms. The van der Waals surface area contributed by atoms with Crippen molar-refractivity contribution in [3.8, 4) is 10.6 Å². The zero-order valence-corrected chi connectivity index (χ0v) is 19.8. The van der Waals surface area contributed by atoms with Crippen LogP contribution >= 0.6 is 11.3 Å². The molecule has 34 heavy (non-hydrogen) atoms. The third-order valence-electron chi connectivity index (χ3n) is 5.32. The average Bonchev–Trinajstić information content (AvgIpc) is 3.44. The Morgan fingerprint density at radius 2 is 1.91 bits per heavy atom. The molecule has 4 rings (SSSR count). The second-order valence-corrected chi connectivity index (χ2v) is 8.79. The summed E-state index contributed by atoms with van der Waals surface area (Å²) in [5.74, 6) is -1.15. The fourth-order valence-corrected chi connectivity index (χ4v) is 4.47. The summed E-state index contributed by atoms with van der Waals surface area (Å²) < 4.78 is 0. The lowest BCUT2D eigenvalue weighted by Gasteiger charge is -2.23. The topological polar surface area (TPSA) is 134 Å². The number of carbonyl (C=O) groups is 3. The van der Waals surface area contributed by atoms with Crippen LogP contribution in [-0.4, -0.2) is 39.2 Å². The maximum atomic E-state index is 12.9. The van der Waals surface area contributed by atoms with Crippen LogP contribution in [-0.2, 0) is 4.79 Å². The van der Waals surface area contributed by atoms with Gasteiger partial charge in [0.1, 0.15) is 16.5 Å². The van der Waals surface area contributed by atoms with Gasteiger partial charge in [0.05, 0.1) is 5.56 Å². The van der Waals surface area contributed by atoms with E-state index in [-0.39, 0.29) is 28.9 Å². The van der Waals surface area contributed by atoms with Crippen LogP contribution in [0.4, 0.5) is 11.5 Å². The van der Waals surface area contributed by atoms with E-state index in [0.717, 1.165) is 5.56 Å². The van der Waals surface area contributed by atoms with Crippen molar-refractivity contribution in [3.63, 3.8) is 0 Å². The maximum absolute atomic E-state index is 12.9. The van der Waals surface area contributed by atoms with Gasteiger partial charge in [-0.3, -0.25) is 19.4 Å². The summed E-state index contributed by atoms with van der Waals surface area (Å²) in [5, 5.41) is 5.60. The van der Waals surface area contributed by atoms with Gasteiger partial charge in [-0.25, -0.2) is 4.98 Å². The average molecular weight is 477 g/mol. The number of pyridine rings is 1. The molecule has 3 heterocycles. The summed E-state index contributed by atoms with van der Waals surface area (Å²) in [5.41, 5.74) is 8.13. The molecule has 9 nitrogen and oxygen atoms in total. The van der Waals surface area contributed by atoms with Crippen LogP contribution in [0.5, 0.6) is 0 Å². The van der Waals surface area contributed by atoms with Gasteiger partial charge < -0.3 is 20.9 Å². The van der Waals surface area contributed by atoms with Crippen molar-refractivity contribution in [1.29, 1.82) is 0 Å². The van der Waals surface area contributed by atoms with Crippen LogP contribution in [0.1, 0.15) is 41.6 Å². The highest BCUT2D eigenvalue weighted by molar-refractivity contribution is 7.13. The summed E-state index contributed by atoms with van der Waals surface area (Å²) in [4.78, 5) is 50.8. The molecule has 3 amide bonds. The van der Waals surface area contributed by atoms with Crippen LogP contribution in [0.3, 0.4) is 0 Å². The zero-order valence-electron chi connectivity index (χ0n) is 19.0. The Bertz CT molecular complexity index is 1380. The molecule has 3 aromatic heterocycles. The molecule has 0 saturated carbocycles. The number of thiazole rings is 1. The molecule has 0 saturated heterocycles. The molecule has 10 heteroatoms. The van der Waals surface area contributed by atoms with E-state index in [9.17, 15) is 14.4 Å². The maximum Gasteiger partial charge on any atom is 0.276 e. The molecule has 4 N–H and O–H groups in total. The Balaban J connectivity index is 1.66. The molecule has 4 aromatic rings. The normalized spacial score (nSPS) is 11.1. The number of benzene rings is 1. The number of carbonyl (C=O) groups excluding carboxylic acids is 3. The molecule has 174 valence electrons. The van der Waals surface area contributed by atoms with E-state index in [4.69, 9.17) is 5.73 Å². The number of rotatable bonds is 7. The van der Waals surface area contributed by atoms with Gasteiger partial charge in [0.15, 0.2) is 0 Å². The van der Waals surface area contributed by atoms with Crippen molar-refractivity contribution >= 4 is 51.5 Å². The van der Waals surface area contributed by atoms with Gasteiger partial charge in [0.2, 0.25) is 5.91 Å². The number of amides is 3. The van der Waals surface area contributed by atoms with Crippen molar-refractivity contribution in [2.45, 2.75) is 20.8 Å². The molecular formula is C24H24N6O3S. The molecule has 1 aromatic carbocycles. The van der Waals surface area contributed by atoms with Crippen LogP contribution in [0.15, 0.2) is 48.1 Å². The number of hydrogen-bond donors (Lipinski definition) is 3. The molecule has 0 aliphatic heterocycles. The zero-order chi connectivity index (χ0) is 24.4. The van der Waals surface area contributed by atoms with E-state index in [2.05, 4.69) is 20.3 Å². The van der Waals surface area contributed by atoms with E-state index in [0.29, 0.717) is 28.1 Å². The first-order valence-corrected chi connectivity index (χ1v) is 11.6. The molecule has 0 spiro atoms. The van der Waals surface area contributed by atoms with Crippen molar-refractivity contribution in [2.75, 3.05) is 16.8 Å². The standard InChI is InChI=1S/C24H24N6O3S/c1-4-30(24(33)13(2)3)15-5-6-16-17(11-15)27-21(19(16)20(25)31)29-22(32)18-12-34-23(28-18)14-7-9-26-10-8-14/h5-13,27H,4H2,1-3H3,(H2,25,31)(H,29,32). The Morgan fingerprint density at radius 3 is 2.56 bits per heavy atom. The fraction of sp³-hybridized carbons (Fsp3) is 0.208. The van der Waals surface area contributed by atoms with Gasteiger partial charge in [-0.1, -0.05) is 13.8 Å². The molecule has 0 radical (unpaired) electrons. The van der Waals surface area contributed by atoms with Crippen LogP contribution in [0.25, 0.3) is 21.5 Å². The summed E-state index contributed by atoms with van der Waals surface area (Å²) in [6.45, 7) is 6.08. The minimum Gasteiger partial charge on any atom is -0.365 e. The lowest BCUT2D eigenvalue weighted by atomic mass is 10.1. The van der Waals surface area contributed by atoms with Gasteiger partial charge in [0, 0.05) is 52.4 Å². The highest BCUT2D eigenvalue weighted by Gasteiger charge is 2.22. The Morgan fingerprint density at radius 1 is 1.18 bits per heavy atom. The highest BCUT2D eigenvalue weighted by Crippen LogP contribution is 2.31. The van der Waals surface area contributed by atoms with Gasteiger partial charge in [-0.15, -0.1) is 11.3 Å². The number of nitrogens with two attached hydrogens (primary N) is 1. The monoisotopic (exact) mass is 476 g/mol. The number of H-pyrrole nitrogens is 1. The summed E-state index contributed by atoms with van der Waals surface area (Å²) in [7, 11) is 0. The highest BCUT2D eigenvalue weighted by atomic mass is 32.1. The van der Waals surface area contributed by atoms with E-state index in [1.807, 2.05) is 32.9 Å². The van der Waals surface area contributed by atoms with E-state index >= 15 is 0 Å². The number of aromatic nitrogens is 3. The lowest BCUT2D eigenvalue weighted by Crippen LogP contribution is -2.33. The second kappa shape index (κ2) is 9.44. The smallest absolute Gasteiger partial charge is 0.276 e. The minimum absolute atomic E-state index is 0.00871. The van der Waals surface area contributed by atoms with E-state index in [1.54, 1.807) is 40.9 Å². The predicted molar refractivity (Wildman–Crippen MR) is 133 cm³/mol. The minimum atomic E-state index is -0.685. The molecule has 0 fully saturated rings. The number of aromatic amines is 1. The van der Waals surface area contributed by atoms with Crippen LogP contribution in [0.2, 0.25) is 0 Å².